The Morgan fingerprint density at radius 3 is 2.94 bits per heavy atom. The average Bonchev–Trinajstić information content (AvgIpc) is 2.56. The van der Waals surface area contributed by atoms with Gasteiger partial charge in [0.05, 0.1) is 12.1 Å². The van der Waals surface area contributed by atoms with Gasteiger partial charge in [-0.25, -0.2) is 0 Å². The van der Waals surface area contributed by atoms with Crippen molar-refractivity contribution in [1.29, 1.82) is 0 Å². The average molecular weight is 247 g/mol. The third-order valence-corrected chi connectivity index (χ3v) is 3.83. The highest BCUT2D eigenvalue weighted by Crippen LogP contribution is 2.29. The van der Waals surface area contributed by atoms with Gasteiger partial charge in [-0.05, 0) is 36.8 Å². The molecule has 0 radical (unpaired) electrons. The van der Waals surface area contributed by atoms with E-state index in [1.807, 2.05) is 0 Å². The number of nitrogens with two attached hydrogens (primary N) is 1. The Kier molecular flexibility index (Phi) is 5.21. The lowest BCUT2D eigenvalue weighted by Gasteiger charge is -2.23. The summed E-state index contributed by atoms with van der Waals surface area (Å²) in [4.78, 5) is 0. The monoisotopic (exact) mass is 247 g/mol. The summed E-state index contributed by atoms with van der Waals surface area (Å²) in [6.45, 7) is 3.07. The molecule has 0 aromatic heterocycles. The van der Waals surface area contributed by atoms with Crippen LogP contribution in [0.3, 0.4) is 0 Å². The SMILES string of the molecule is CCCCCOC1CCCc2ccccc2C1N. The molecule has 1 aromatic carbocycles. The first-order chi connectivity index (χ1) is 8.83. The molecule has 2 nitrogen and oxygen atoms in total. The number of rotatable bonds is 5. The summed E-state index contributed by atoms with van der Waals surface area (Å²) in [6, 6.07) is 8.60. The maximum atomic E-state index is 6.38. The van der Waals surface area contributed by atoms with E-state index in [1.54, 1.807) is 0 Å². The molecule has 0 bridgehead atoms. The van der Waals surface area contributed by atoms with Crippen LogP contribution in [0.15, 0.2) is 24.3 Å². The predicted octanol–water partition coefficient (Wildman–Crippen LogP) is 3.60. The molecular formula is C16H25NO. The molecule has 2 N–H and O–H groups in total. The minimum Gasteiger partial charge on any atom is -0.376 e. The van der Waals surface area contributed by atoms with Gasteiger partial charge >= 0.3 is 0 Å². The standard InChI is InChI=1S/C16H25NO/c1-2-3-6-12-18-15-11-7-9-13-8-4-5-10-14(13)16(15)17/h4-5,8,10,15-16H,2-3,6-7,9,11-12,17H2,1H3. The number of hydrogen-bond donors (Lipinski definition) is 1. The highest BCUT2D eigenvalue weighted by molar-refractivity contribution is 5.31. The summed E-state index contributed by atoms with van der Waals surface area (Å²) >= 11 is 0. The van der Waals surface area contributed by atoms with Crippen LogP contribution in [0.5, 0.6) is 0 Å². The predicted molar refractivity (Wildman–Crippen MR) is 75.6 cm³/mol. The van der Waals surface area contributed by atoms with Crippen molar-refractivity contribution in [1.82, 2.24) is 0 Å². The van der Waals surface area contributed by atoms with Crippen molar-refractivity contribution >= 4 is 0 Å². The van der Waals surface area contributed by atoms with E-state index in [0.717, 1.165) is 25.9 Å². The van der Waals surface area contributed by atoms with Crippen LogP contribution in [-0.2, 0) is 11.2 Å². The molecule has 0 fully saturated rings. The van der Waals surface area contributed by atoms with Crippen LogP contribution in [0.1, 0.15) is 56.2 Å². The zero-order valence-corrected chi connectivity index (χ0v) is 11.4. The van der Waals surface area contributed by atoms with Gasteiger partial charge in [0, 0.05) is 6.61 Å². The van der Waals surface area contributed by atoms with Gasteiger partial charge in [0.1, 0.15) is 0 Å². The Bertz CT molecular complexity index is 364. The Hall–Kier alpha value is -0.860. The zero-order chi connectivity index (χ0) is 12.8. The fourth-order valence-corrected chi connectivity index (χ4v) is 2.73. The molecule has 0 saturated carbocycles. The smallest absolute Gasteiger partial charge is 0.0767 e. The molecule has 2 heteroatoms. The van der Waals surface area contributed by atoms with E-state index < -0.39 is 0 Å². The molecule has 0 aliphatic heterocycles. The first kappa shape index (κ1) is 13.6. The molecule has 0 saturated heterocycles. The van der Waals surface area contributed by atoms with Crippen LogP contribution in [0.25, 0.3) is 0 Å². The molecule has 1 aromatic rings. The second-order valence-corrected chi connectivity index (χ2v) is 5.23. The van der Waals surface area contributed by atoms with Gasteiger partial charge in [0.15, 0.2) is 0 Å². The van der Waals surface area contributed by atoms with E-state index in [2.05, 4.69) is 31.2 Å². The van der Waals surface area contributed by atoms with Gasteiger partial charge in [0.25, 0.3) is 0 Å². The molecule has 100 valence electrons. The maximum Gasteiger partial charge on any atom is 0.0767 e. The first-order valence-electron chi connectivity index (χ1n) is 7.28. The van der Waals surface area contributed by atoms with E-state index in [-0.39, 0.29) is 12.1 Å². The summed E-state index contributed by atoms with van der Waals surface area (Å²) in [5.41, 5.74) is 9.07. The van der Waals surface area contributed by atoms with E-state index in [4.69, 9.17) is 10.5 Å². The van der Waals surface area contributed by atoms with E-state index in [9.17, 15) is 0 Å². The molecular weight excluding hydrogens is 222 g/mol. The topological polar surface area (TPSA) is 35.2 Å². The first-order valence-corrected chi connectivity index (χ1v) is 7.28. The Morgan fingerprint density at radius 2 is 2.11 bits per heavy atom. The molecule has 0 spiro atoms. The van der Waals surface area contributed by atoms with Crippen LogP contribution in [0.2, 0.25) is 0 Å². The lowest BCUT2D eigenvalue weighted by atomic mass is 9.98. The Balaban J connectivity index is 1.97. The van der Waals surface area contributed by atoms with E-state index in [0.29, 0.717) is 0 Å². The number of benzene rings is 1. The van der Waals surface area contributed by atoms with Crippen LogP contribution >= 0.6 is 0 Å². The van der Waals surface area contributed by atoms with Crippen molar-refractivity contribution in [3.05, 3.63) is 35.4 Å². The van der Waals surface area contributed by atoms with Gasteiger partial charge < -0.3 is 10.5 Å². The van der Waals surface area contributed by atoms with Crippen LogP contribution in [0.4, 0.5) is 0 Å². The summed E-state index contributed by atoms with van der Waals surface area (Å²) in [5, 5.41) is 0. The third kappa shape index (κ3) is 3.33. The molecule has 2 rings (SSSR count). The van der Waals surface area contributed by atoms with Crippen molar-refractivity contribution in [2.24, 2.45) is 5.73 Å². The quantitative estimate of drug-likeness (QED) is 0.637. The maximum absolute atomic E-state index is 6.38. The number of unbranched alkanes of at least 4 members (excludes halogenated alkanes) is 2. The highest BCUT2D eigenvalue weighted by Gasteiger charge is 2.24. The largest absolute Gasteiger partial charge is 0.376 e. The number of aryl methyl sites for hydroxylation is 1. The fourth-order valence-electron chi connectivity index (χ4n) is 2.73. The molecule has 0 amide bonds. The lowest BCUT2D eigenvalue weighted by molar-refractivity contribution is 0.0279. The summed E-state index contributed by atoms with van der Waals surface area (Å²) in [7, 11) is 0. The molecule has 0 heterocycles. The van der Waals surface area contributed by atoms with Crippen molar-refractivity contribution in [3.63, 3.8) is 0 Å². The van der Waals surface area contributed by atoms with Crippen molar-refractivity contribution < 1.29 is 4.74 Å². The second-order valence-electron chi connectivity index (χ2n) is 5.23. The van der Waals surface area contributed by atoms with Gasteiger partial charge in [-0.15, -0.1) is 0 Å². The fraction of sp³-hybridized carbons (Fsp3) is 0.625. The molecule has 1 aliphatic carbocycles. The minimum atomic E-state index is 0.0466. The van der Waals surface area contributed by atoms with Gasteiger partial charge in [0.2, 0.25) is 0 Å². The number of fused-ring (bicyclic) bond motifs is 1. The molecule has 2 unspecified atom stereocenters. The van der Waals surface area contributed by atoms with Gasteiger partial charge in [-0.3, -0.25) is 0 Å². The van der Waals surface area contributed by atoms with Crippen molar-refractivity contribution in [3.8, 4) is 0 Å². The zero-order valence-electron chi connectivity index (χ0n) is 11.4. The summed E-state index contributed by atoms with van der Waals surface area (Å²) in [5.74, 6) is 0. The molecule has 2 atom stereocenters. The third-order valence-electron chi connectivity index (χ3n) is 3.83. The van der Waals surface area contributed by atoms with Crippen LogP contribution in [0, 0.1) is 0 Å². The minimum absolute atomic E-state index is 0.0466. The lowest BCUT2D eigenvalue weighted by Crippen LogP contribution is -2.28. The van der Waals surface area contributed by atoms with Gasteiger partial charge in [-0.2, -0.15) is 0 Å². The summed E-state index contributed by atoms with van der Waals surface area (Å²) < 4.78 is 6.01. The molecule has 18 heavy (non-hydrogen) atoms. The number of hydrogen-bond acceptors (Lipinski definition) is 2. The normalized spacial score (nSPS) is 23.4. The van der Waals surface area contributed by atoms with Gasteiger partial charge in [-0.1, -0.05) is 44.0 Å². The Morgan fingerprint density at radius 1 is 1.28 bits per heavy atom. The van der Waals surface area contributed by atoms with Crippen LogP contribution < -0.4 is 5.73 Å². The Labute approximate surface area is 111 Å². The molecule has 1 aliphatic rings. The van der Waals surface area contributed by atoms with Crippen molar-refractivity contribution in [2.75, 3.05) is 6.61 Å². The highest BCUT2D eigenvalue weighted by atomic mass is 16.5. The van der Waals surface area contributed by atoms with Crippen molar-refractivity contribution in [2.45, 2.75) is 57.6 Å². The van der Waals surface area contributed by atoms with Crippen LogP contribution in [-0.4, -0.2) is 12.7 Å². The van der Waals surface area contributed by atoms with E-state index >= 15 is 0 Å². The number of ether oxygens (including phenoxy) is 1. The second kappa shape index (κ2) is 6.91. The van der Waals surface area contributed by atoms with E-state index in [1.165, 1.54) is 30.4 Å². The summed E-state index contributed by atoms with van der Waals surface area (Å²) in [6.07, 6.45) is 7.25.